The first-order valence-electron chi connectivity index (χ1n) is 6.29. The van der Waals surface area contributed by atoms with E-state index in [-0.39, 0.29) is 49.0 Å². The van der Waals surface area contributed by atoms with Crippen LogP contribution in [0, 0.1) is 11.8 Å². The monoisotopic (exact) mass is 253 g/mol. The van der Waals surface area contributed by atoms with Gasteiger partial charge in [0.05, 0.1) is 30.7 Å². The number of hydrogen-bond donors (Lipinski definition) is 0. The van der Waals surface area contributed by atoms with Crippen molar-refractivity contribution in [3.8, 4) is 0 Å². The fourth-order valence-corrected chi connectivity index (χ4v) is 3.27. The Bertz CT molecular complexity index is 393. The summed E-state index contributed by atoms with van der Waals surface area (Å²) in [6.45, 7) is 1.67. The van der Waals surface area contributed by atoms with Crippen molar-refractivity contribution in [1.82, 2.24) is 4.90 Å². The van der Waals surface area contributed by atoms with Crippen molar-refractivity contribution in [3.63, 3.8) is 0 Å². The van der Waals surface area contributed by atoms with E-state index in [4.69, 9.17) is 9.47 Å². The molecular formula is C12H15NO5. The molecule has 0 spiro atoms. The van der Waals surface area contributed by atoms with Crippen LogP contribution in [0.1, 0.15) is 19.8 Å². The van der Waals surface area contributed by atoms with Gasteiger partial charge < -0.3 is 9.47 Å². The van der Waals surface area contributed by atoms with Gasteiger partial charge in [-0.05, 0) is 19.8 Å². The van der Waals surface area contributed by atoms with Gasteiger partial charge in [-0.3, -0.25) is 19.3 Å². The first-order valence-corrected chi connectivity index (χ1v) is 6.29. The topological polar surface area (TPSA) is 72.9 Å². The average molecular weight is 253 g/mol. The summed E-state index contributed by atoms with van der Waals surface area (Å²) in [6, 6.07) is 0. The molecule has 0 aromatic rings. The molecule has 2 bridgehead atoms. The molecule has 3 aliphatic heterocycles. The molecule has 0 radical (unpaired) electrons. The Labute approximate surface area is 104 Å². The minimum Gasteiger partial charge on any atom is -0.465 e. The van der Waals surface area contributed by atoms with Gasteiger partial charge in [0.1, 0.15) is 6.54 Å². The quantitative estimate of drug-likeness (QED) is 0.510. The van der Waals surface area contributed by atoms with Gasteiger partial charge in [-0.2, -0.15) is 0 Å². The van der Waals surface area contributed by atoms with Gasteiger partial charge >= 0.3 is 5.97 Å². The third-order valence-corrected chi connectivity index (χ3v) is 3.97. The number of carbonyl (C=O) groups is 3. The highest BCUT2D eigenvalue weighted by Gasteiger charge is 2.62. The van der Waals surface area contributed by atoms with Gasteiger partial charge in [0, 0.05) is 0 Å². The summed E-state index contributed by atoms with van der Waals surface area (Å²) >= 11 is 0. The second-order valence-electron chi connectivity index (χ2n) is 4.91. The van der Waals surface area contributed by atoms with E-state index in [1.54, 1.807) is 6.92 Å². The average Bonchev–Trinajstić information content (AvgIpc) is 2.99. The summed E-state index contributed by atoms with van der Waals surface area (Å²) in [6.07, 6.45) is 1.39. The van der Waals surface area contributed by atoms with Crippen molar-refractivity contribution in [1.29, 1.82) is 0 Å². The van der Waals surface area contributed by atoms with Crippen molar-refractivity contribution in [2.24, 2.45) is 11.8 Å². The molecule has 6 heteroatoms. The molecule has 0 aromatic carbocycles. The van der Waals surface area contributed by atoms with E-state index in [1.165, 1.54) is 0 Å². The molecule has 98 valence electrons. The van der Waals surface area contributed by atoms with Crippen molar-refractivity contribution in [2.45, 2.75) is 32.0 Å². The van der Waals surface area contributed by atoms with E-state index in [0.717, 1.165) is 17.7 Å². The van der Waals surface area contributed by atoms with Gasteiger partial charge in [0.2, 0.25) is 11.8 Å². The molecule has 3 aliphatic rings. The molecular weight excluding hydrogens is 238 g/mol. The summed E-state index contributed by atoms with van der Waals surface area (Å²) in [5, 5.41) is 0. The molecule has 3 fully saturated rings. The number of esters is 1. The number of amides is 2. The third kappa shape index (κ3) is 1.48. The highest BCUT2D eigenvalue weighted by atomic mass is 16.5. The van der Waals surface area contributed by atoms with E-state index in [9.17, 15) is 14.4 Å². The number of fused-ring (bicyclic) bond motifs is 5. The Morgan fingerprint density at radius 2 is 1.83 bits per heavy atom. The van der Waals surface area contributed by atoms with Crippen molar-refractivity contribution < 1.29 is 23.9 Å². The number of rotatable bonds is 3. The smallest absolute Gasteiger partial charge is 0.326 e. The molecule has 18 heavy (non-hydrogen) atoms. The zero-order chi connectivity index (χ0) is 12.9. The van der Waals surface area contributed by atoms with Crippen LogP contribution in [0.25, 0.3) is 0 Å². The lowest BCUT2D eigenvalue weighted by Gasteiger charge is -2.16. The fraction of sp³-hybridized carbons (Fsp3) is 0.750. The summed E-state index contributed by atoms with van der Waals surface area (Å²) in [5.41, 5.74) is 0. The largest absolute Gasteiger partial charge is 0.465 e. The molecule has 3 rings (SSSR count). The van der Waals surface area contributed by atoms with Crippen molar-refractivity contribution >= 4 is 17.8 Å². The van der Waals surface area contributed by atoms with E-state index in [2.05, 4.69) is 0 Å². The van der Waals surface area contributed by atoms with Crippen LogP contribution in [0.3, 0.4) is 0 Å². The molecule has 3 saturated heterocycles. The lowest BCUT2D eigenvalue weighted by molar-refractivity contribution is -0.154. The Hall–Kier alpha value is -1.43. The Morgan fingerprint density at radius 1 is 1.28 bits per heavy atom. The second-order valence-corrected chi connectivity index (χ2v) is 4.91. The minimum absolute atomic E-state index is 0.136. The van der Waals surface area contributed by atoms with E-state index in [0.29, 0.717) is 0 Å². The molecule has 3 heterocycles. The molecule has 2 amide bonds. The van der Waals surface area contributed by atoms with Crippen LogP contribution in [0.4, 0.5) is 0 Å². The molecule has 0 aromatic heterocycles. The number of imide groups is 1. The number of nitrogens with zero attached hydrogens (tertiary/aromatic N) is 1. The maximum Gasteiger partial charge on any atom is 0.326 e. The first kappa shape index (κ1) is 11.6. The Kier molecular flexibility index (Phi) is 2.62. The predicted molar refractivity (Wildman–Crippen MR) is 58.2 cm³/mol. The molecule has 0 unspecified atom stereocenters. The van der Waals surface area contributed by atoms with Gasteiger partial charge in [-0.25, -0.2) is 0 Å². The number of ether oxygens (including phenoxy) is 2. The van der Waals surface area contributed by atoms with E-state index >= 15 is 0 Å². The summed E-state index contributed by atoms with van der Waals surface area (Å²) in [7, 11) is 0. The zero-order valence-electron chi connectivity index (χ0n) is 10.1. The van der Waals surface area contributed by atoms with Gasteiger partial charge in [0.25, 0.3) is 0 Å². The van der Waals surface area contributed by atoms with Crippen LogP contribution in [0.15, 0.2) is 0 Å². The van der Waals surface area contributed by atoms with Crippen molar-refractivity contribution in [3.05, 3.63) is 0 Å². The summed E-state index contributed by atoms with van der Waals surface area (Å²) in [4.78, 5) is 36.7. The SMILES string of the molecule is CCOC(=O)CN1C(=O)[C@@H]2[C@H](C1=O)[C@@H]1CC[C@H]2O1. The Morgan fingerprint density at radius 3 is 2.33 bits per heavy atom. The van der Waals surface area contributed by atoms with Crippen LogP contribution in [-0.4, -0.2) is 48.0 Å². The summed E-state index contributed by atoms with van der Waals surface area (Å²) < 4.78 is 10.4. The molecule has 0 N–H and O–H groups in total. The number of carbonyl (C=O) groups excluding carboxylic acids is 3. The summed E-state index contributed by atoms with van der Waals surface area (Å²) in [5.74, 6) is -1.82. The normalized spacial score (nSPS) is 37.3. The van der Waals surface area contributed by atoms with E-state index in [1.807, 2.05) is 0 Å². The maximum atomic E-state index is 12.1. The van der Waals surface area contributed by atoms with Crippen LogP contribution < -0.4 is 0 Å². The highest BCUT2D eigenvalue weighted by Crippen LogP contribution is 2.48. The standard InChI is InChI=1S/C12H15NO5/c1-2-17-8(14)5-13-11(15)9-6-3-4-7(18-6)10(9)12(13)16/h6-7,9-10H,2-5H2,1H3/t6-,7+,9+,10-. The van der Waals surface area contributed by atoms with Gasteiger partial charge in [0.15, 0.2) is 0 Å². The zero-order valence-corrected chi connectivity index (χ0v) is 10.1. The number of likely N-dealkylation sites (tertiary alicyclic amines) is 1. The molecule has 4 atom stereocenters. The molecule has 0 saturated carbocycles. The number of hydrogen-bond acceptors (Lipinski definition) is 5. The molecule has 6 nitrogen and oxygen atoms in total. The Balaban J connectivity index is 1.76. The van der Waals surface area contributed by atoms with Crippen molar-refractivity contribution in [2.75, 3.05) is 13.2 Å². The van der Waals surface area contributed by atoms with E-state index < -0.39 is 5.97 Å². The lowest BCUT2D eigenvalue weighted by atomic mass is 9.81. The minimum atomic E-state index is -0.535. The lowest BCUT2D eigenvalue weighted by Crippen LogP contribution is -2.38. The maximum absolute atomic E-state index is 12.1. The predicted octanol–water partition coefficient (Wildman–Crippen LogP) is -0.288. The van der Waals surface area contributed by atoms with Gasteiger partial charge in [-0.15, -0.1) is 0 Å². The highest BCUT2D eigenvalue weighted by molar-refractivity contribution is 6.08. The van der Waals surface area contributed by atoms with Crippen LogP contribution in [-0.2, 0) is 23.9 Å². The van der Waals surface area contributed by atoms with Crippen LogP contribution >= 0.6 is 0 Å². The molecule has 0 aliphatic carbocycles. The third-order valence-electron chi connectivity index (χ3n) is 3.97. The fourth-order valence-electron chi connectivity index (χ4n) is 3.27. The second kappa shape index (κ2) is 4.05. The van der Waals surface area contributed by atoms with Gasteiger partial charge in [-0.1, -0.05) is 0 Å². The van der Waals surface area contributed by atoms with Crippen LogP contribution in [0.5, 0.6) is 0 Å². The van der Waals surface area contributed by atoms with Crippen LogP contribution in [0.2, 0.25) is 0 Å². The first-order chi connectivity index (χ1) is 8.63.